The third-order valence-corrected chi connectivity index (χ3v) is 5.11. The highest BCUT2D eigenvalue weighted by Gasteiger charge is 2.34. The van der Waals surface area contributed by atoms with Gasteiger partial charge in [-0.05, 0) is 38.1 Å². The molecule has 1 aliphatic rings. The van der Waals surface area contributed by atoms with E-state index in [2.05, 4.69) is 34.0 Å². The normalized spacial score (nSPS) is 15.2. The molecule has 1 aromatic carbocycles. The monoisotopic (exact) mass is 407 g/mol. The van der Waals surface area contributed by atoms with Crippen molar-refractivity contribution in [2.24, 2.45) is 0 Å². The topological polar surface area (TPSA) is 63.2 Å². The van der Waals surface area contributed by atoms with Crippen molar-refractivity contribution in [1.82, 2.24) is 20.3 Å². The molecule has 0 amide bonds. The third kappa shape index (κ3) is 3.85. The van der Waals surface area contributed by atoms with Crippen molar-refractivity contribution in [3.63, 3.8) is 0 Å². The molecule has 1 N–H and O–H groups in total. The second-order valence-electron chi connectivity index (χ2n) is 7.40. The van der Waals surface area contributed by atoms with E-state index in [9.17, 15) is 4.39 Å². The number of aryl methyl sites for hydroxylation is 1. The Morgan fingerprint density at radius 1 is 1.20 bits per heavy atom. The zero-order valence-electron chi connectivity index (χ0n) is 17.5. The number of anilines is 2. The molecular weight excluding hydrogens is 381 g/mol. The summed E-state index contributed by atoms with van der Waals surface area (Å²) in [5.41, 5.74) is 3.38. The van der Waals surface area contributed by atoms with Crippen molar-refractivity contribution in [2.75, 3.05) is 11.4 Å². The van der Waals surface area contributed by atoms with Crippen molar-refractivity contribution < 1.29 is 9.13 Å². The van der Waals surface area contributed by atoms with Crippen LogP contribution in [0.1, 0.15) is 37.8 Å². The van der Waals surface area contributed by atoms with Crippen LogP contribution >= 0.6 is 0 Å². The van der Waals surface area contributed by atoms with Gasteiger partial charge in [-0.15, -0.1) is 0 Å². The Balaban J connectivity index is 1.77. The van der Waals surface area contributed by atoms with Crippen LogP contribution in [0.5, 0.6) is 5.75 Å². The number of ether oxygens (including phenoxy) is 1. The molecule has 3 heterocycles. The number of benzene rings is 1. The lowest BCUT2D eigenvalue weighted by Gasteiger charge is -2.26. The number of fused-ring (bicyclic) bond motifs is 1. The summed E-state index contributed by atoms with van der Waals surface area (Å²) in [6, 6.07) is 6.92. The minimum absolute atomic E-state index is 0.209. The fourth-order valence-corrected chi connectivity index (χ4v) is 3.62. The Morgan fingerprint density at radius 3 is 2.87 bits per heavy atom. The summed E-state index contributed by atoms with van der Waals surface area (Å²) in [7, 11) is 0. The number of halogens is 1. The number of pyridine rings is 1. The van der Waals surface area contributed by atoms with Gasteiger partial charge in [-0.2, -0.15) is 0 Å². The van der Waals surface area contributed by atoms with Gasteiger partial charge >= 0.3 is 0 Å². The van der Waals surface area contributed by atoms with Crippen LogP contribution < -0.4 is 15.0 Å². The van der Waals surface area contributed by atoms with Crippen LogP contribution in [0.15, 0.2) is 42.9 Å². The lowest BCUT2D eigenvalue weighted by atomic mass is 10.1. The number of hydrogen-bond acceptors (Lipinski definition) is 6. The fourth-order valence-electron chi connectivity index (χ4n) is 3.62. The fraction of sp³-hybridized carbons (Fsp3) is 0.348. The molecule has 0 radical (unpaired) electrons. The molecule has 1 atom stereocenters. The zero-order chi connectivity index (χ0) is 21.1. The van der Waals surface area contributed by atoms with Gasteiger partial charge in [0.05, 0.1) is 17.4 Å². The molecule has 1 aliphatic heterocycles. The molecule has 2 aromatic heterocycles. The number of rotatable bonds is 7. The molecule has 156 valence electrons. The summed E-state index contributed by atoms with van der Waals surface area (Å²) in [5, 5.41) is 3.43. The summed E-state index contributed by atoms with van der Waals surface area (Å²) >= 11 is 0. The third-order valence-electron chi connectivity index (χ3n) is 5.11. The largest absolute Gasteiger partial charge is 0.465 e. The van der Waals surface area contributed by atoms with Crippen molar-refractivity contribution in [3.05, 3.63) is 59.8 Å². The summed E-state index contributed by atoms with van der Waals surface area (Å²) in [5.74, 6) is 1.25. The van der Waals surface area contributed by atoms with Crippen LogP contribution in [-0.4, -0.2) is 27.7 Å². The second-order valence-corrected chi connectivity index (χ2v) is 7.40. The maximum Gasteiger partial charge on any atom is 0.183 e. The van der Waals surface area contributed by atoms with Crippen molar-refractivity contribution in [3.8, 4) is 17.1 Å². The van der Waals surface area contributed by atoms with Crippen LogP contribution in [0, 0.1) is 12.7 Å². The molecule has 30 heavy (non-hydrogen) atoms. The highest BCUT2D eigenvalue weighted by Crippen LogP contribution is 2.43. The first-order chi connectivity index (χ1) is 14.6. The molecule has 0 spiro atoms. The number of aromatic nitrogens is 3. The highest BCUT2D eigenvalue weighted by molar-refractivity contribution is 5.73. The summed E-state index contributed by atoms with van der Waals surface area (Å²) in [4.78, 5) is 15.5. The minimum Gasteiger partial charge on any atom is -0.465 e. The average Bonchev–Trinajstić information content (AvgIpc) is 3.13. The molecule has 0 fully saturated rings. The SMILES string of the molecule is CCCNCc1cnccc1N1c2nc(-c3cc(C)ccc3F)ncc2OC1CC. The van der Waals surface area contributed by atoms with Gasteiger partial charge in [0.25, 0.3) is 0 Å². The summed E-state index contributed by atoms with van der Waals surface area (Å²) in [6.07, 6.45) is 6.88. The predicted molar refractivity (Wildman–Crippen MR) is 115 cm³/mol. The molecule has 0 saturated carbocycles. The number of nitrogens with zero attached hydrogens (tertiary/aromatic N) is 4. The highest BCUT2D eigenvalue weighted by atomic mass is 19.1. The molecule has 6 nitrogen and oxygen atoms in total. The van der Waals surface area contributed by atoms with E-state index in [0.717, 1.165) is 36.2 Å². The average molecular weight is 407 g/mol. The first-order valence-corrected chi connectivity index (χ1v) is 10.4. The Hall–Kier alpha value is -3.06. The van der Waals surface area contributed by atoms with Crippen molar-refractivity contribution in [1.29, 1.82) is 0 Å². The predicted octanol–water partition coefficient (Wildman–Crippen LogP) is 4.75. The Labute approximate surface area is 176 Å². The molecule has 0 aliphatic carbocycles. The Morgan fingerprint density at radius 2 is 2.07 bits per heavy atom. The smallest absolute Gasteiger partial charge is 0.183 e. The number of hydrogen-bond donors (Lipinski definition) is 1. The molecule has 4 rings (SSSR count). The van der Waals surface area contributed by atoms with E-state index in [1.54, 1.807) is 24.5 Å². The lowest BCUT2D eigenvalue weighted by molar-refractivity contribution is 0.229. The van der Waals surface area contributed by atoms with Crippen molar-refractivity contribution in [2.45, 2.75) is 46.4 Å². The Kier molecular flexibility index (Phi) is 5.90. The molecule has 3 aromatic rings. The van der Waals surface area contributed by atoms with E-state index in [-0.39, 0.29) is 12.0 Å². The van der Waals surface area contributed by atoms with Gasteiger partial charge in [-0.25, -0.2) is 14.4 Å². The minimum atomic E-state index is -0.341. The van der Waals surface area contributed by atoms with Crippen LogP contribution in [0.25, 0.3) is 11.4 Å². The van der Waals surface area contributed by atoms with E-state index in [1.807, 2.05) is 19.2 Å². The van der Waals surface area contributed by atoms with Gasteiger partial charge in [-0.1, -0.05) is 25.5 Å². The molecule has 1 unspecified atom stereocenters. The van der Waals surface area contributed by atoms with Gasteiger partial charge < -0.3 is 10.1 Å². The van der Waals surface area contributed by atoms with Crippen LogP contribution in [0.2, 0.25) is 0 Å². The van der Waals surface area contributed by atoms with E-state index in [4.69, 9.17) is 9.72 Å². The molecular formula is C23H26FN5O. The van der Waals surface area contributed by atoms with Gasteiger partial charge in [-0.3, -0.25) is 9.88 Å². The van der Waals surface area contributed by atoms with Crippen molar-refractivity contribution >= 4 is 11.5 Å². The van der Waals surface area contributed by atoms with Gasteiger partial charge in [0, 0.05) is 30.9 Å². The number of nitrogens with one attached hydrogen (secondary N) is 1. The Bertz CT molecular complexity index is 1040. The standard InChI is InChI=1S/C23H26FN5O/c1-4-9-25-12-16-13-26-10-8-19(16)29-21(5-2)30-20-14-27-22(28-23(20)29)17-11-15(3)6-7-18(17)24/h6-8,10-11,13-14,21,25H,4-5,9,12H2,1-3H3. The van der Waals surface area contributed by atoms with E-state index >= 15 is 0 Å². The maximum absolute atomic E-state index is 14.5. The molecule has 0 bridgehead atoms. The summed E-state index contributed by atoms with van der Waals surface area (Å²) < 4.78 is 20.6. The molecule has 0 saturated heterocycles. The van der Waals surface area contributed by atoms with Gasteiger partial charge in [0.1, 0.15) is 5.82 Å². The van der Waals surface area contributed by atoms with E-state index in [0.29, 0.717) is 29.5 Å². The molecule has 7 heteroatoms. The van der Waals surface area contributed by atoms with Crippen LogP contribution in [0.3, 0.4) is 0 Å². The van der Waals surface area contributed by atoms with Crippen LogP contribution in [0.4, 0.5) is 15.9 Å². The van der Waals surface area contributed by atoms with Gasteiger partial charge in [0.15, 0.2) is 23.6 Å². The first kappa shape index (κ1) is 20.2. The second kappa shape index (κ2) is 8.75. The lowest BCUT2D eigenvalue weighted by Crippen LogP contribution is -2.31. The quantitative estimate of drug-likeness (QED) is 0.570. The first-order valence-electron chi connectivity index (χ1n) is 10.4. The van der Waals surface area contributed by atoms with E-state index in [1.165, 1.54) is 6.07 Å². The summed E-state index contributed by atoms with van der Waals surface area (Å²) in [6.45, 7) is 7.75. The maximum atomic E-state index is 14.5. The van der Waals surface area contributed by atoms with Gasteiger partial charge in [0.2, 0.25) is 0 Å². The van der Waals surface area contributed by atoms with Crippen LogP contribution in [-0.2, 0) is 6.54 Å². The zero-order valence-corrected chi connectivity index (χ0v) is 17.5. The van der Waals surface area contributed by atoms with E-state index < -0.39 is 0 Å².